The minimum atomic E-state index is 0.241. The maximum absolute atomic E-state index is 5.82. The molecule has 0 bridgehead atoms. The molecule has 0 aromatic carbocycles. The maximum Gasteiger partial charge on any atom is 0.191 e. The lowest BCUT2D eigenvalue weighted by atomic mass is 10.2. The van der Waals surface area contributed by atoms with Crippen LogP contribution >= 0.6 is 11.8 Å². The Kier molecular flexibility index (Phi) is 7.85. The number of aromatic nitrogens is 1. The van der Waals surface area contributed by atoms with Crippen molar-refractivity contribution in [2.45, 2.75) is 70.1 Å². The number of nitrogens with zero attached hydrogens (tertiary/aromatic N) is 3. The highest BCUT2D eigenvalue weighted by molar-refractivity contribution is 7.99. The average Bonchev–Trinajstić information content (AvgIpc) is 3.13. The normalized spacial score (nSPS) is 28.4. The predicted molar refractivity (Wildman–Crippen MR) is 119 cm³/mol. The topological polar surface area (TPSA) is 61.8 Å². The lowest BCUT2D eigenvalue weighted by Crippen LogP contribution is -2.45. The second-order valence-corrected chi connectivity index (χ2v) is 9.03. The molecule has 1 aliphatic heterocycles. The molecule has 1 aliphatic carbocycles. The zero-order chi connectivity index (χ0) is 19.9. The van der Waals surface area contributed by atoms with Gasteiger partial charge in [-0.25, -0.2) is 9.98 Å². The molecule has 0 spiro atoms. The third kappa shape index (κ3) is 6.01. The number of nitrogens with one attached hydrogen (secondary N) is 2. The minimum absolute atomic E-state index is 0.241. The molecule has 2 N–H and O–H groups in total. The van der Waals surface area contributed by atoms with Crippen LogP contribution in [0.25, 0.3) is 0 Å². The molecule has 4 atom stereocenters. The van der Waals surface area contributed by atoms with Gasteiger partial charge in [0.2, 0.25) is 0 Å². The summed E-state index contributed by atoms with van der Waals surface area (Å²) in [6, 6.07) is 4.77. The molecule has 3 rings (SSSR count). The number of hydrogen-bond acceptors (Lipinski definition) is 5. The van der Waals surface area contributed by atoms with Crippen LogP contribution in [0.2, 0.25) is 0 Å². The van der Waals surface area contributed by atoms with Crippen molar-refractivity contribution in [1.82, 2.24) is 15.6 Å². The van der Waals surface area contributed by atoms with Gasteiger partial charge in [-0.1, -0.05) is 6.07 Å². The zero-order valence-electron chi connectivity index (χ0n) is 17.6. The van der Waals surface area contributed by atoms with E-state index < -0.39 is 0 Å². The highest BCUT2D eigenvalue weighted by atomic mass is 32.2. The highest BCUT2D eigenvalue weighted by Crippen LogP contribution is 2.28. The third-order valence-electron chi connectivity index (χ3n) is 5.38. The molecule has 1 saturated carbocycles. The molecule has 156 valence electrons. The summed E-state index contributed by atoms with van der Waals surface area (Å²) in [7, 11) is 0. The van der Waals surface area contributed by atoms with Crippen molar-refractivity contribution >= 4 is 23.5 Å². The first kappa shape index (κ1) is 21.2. The van der Waals surface area contributed by atoms with E-state index in [1.165, 1.54) is 19.3 Å². The third-order valence-corrected chi connectivity index (χ3v) is 6.47. The standard InChI is InChI=1S/C21H35N5OS/c1-5-22-21(25-18-7-8-19(10-18)28-4)24-12-17-6-9-20(23-11-17)26-13-15(2)27-16(3)14-26/h6,9,11,15-16,18-19H,5,7-8,10,12-14H2,1-4H3,(H2,22,24,25). The van der Waals surface area contributed by atoms with Crippen molar-refractivity contribution in [1.29, 1.82) is 0 Å². The molecule has 2 aliphatic rings. The summed E-state index contributed by atoms with van der Waals surface area (Å²) < 4.78 is 5.82. The van der Waals surface area contributed by atoms with E-state index in [0.717, 1.165) is 42.2 Å². The van der Waals surface area contributed by atoms with Crippen molar-refractivity contribution in [2.75, 3.05) is 30.8 Å². The molecular formula is C21H35N5OS. The van der Waals surface area contributed by atoms with Gasteiger partial charge in [-0.3, -0.25) is 0 Å². The van der Waals surface area contributed by atoms with Crippen molar-refractivity contribution in [3.8, 4) is 0 Å². The summed E-state index contributed by atoms with van der Waals surface area (Å²) >= 11 is 1.98. The van der Waals surface area contributed by atoms with E-state index in [-0.39, 0.29) is 12.2 Å². The average molecular weight is 406 g/mol. The number of morpholine rings is 1. The Morgan fingerprint density at radius 2 is 2.07 bits per heavy atom. The molecule has 0 amide bonds. The van der Waals surface area contributed by atoms with Crippen LogP contribution in [-0.4, -0.2) is 60.3 Å². The molecule has 1 aromatic rings. The van der Waals surface area contributed by atoms with Crippen LogP contribution in [0.4, 0.5) is 5.82 Å². The van der Waals surface area contributed by atoms with E-state index in [2.05, 4.69) is 59.7 Å². The fraction of sp³-hybridized carbons (Fsp3) is 0.714. The summed E-state index contributed by atoms with van der Waals surface area (Å²) in [4.78, 5) is 11.8. The SMILES string of the molecule is CCNC(=NCc1ccc(N2CC(C)OC(C)C2)nc1)NC1CCC(SC)C1. The van der Waals surface area contributed by atoms with Crippen LogP contribution in [0.3, 0.4) is 0 Å². The molecule has 2 fully saturated rings. The van der Waals surface area contributed by atoms with Gasteiger partial charge in [-0.15, -0.1) is 0 Å². The molecule has 6 nitrogen and oxygen atoms in total. The molecular weight excluding hydrogens is 370 g/mol. The fourth-order valence-electron chi connectivity index (χ4n) is 4.03. The first-order valence-electron chi connectivity index (χ1n) is 10.5. The van der Waals surface area contributed by atoms with Gasteiger partial charge < -0.3 is 20.3 Å². The molecule has 1 saturated heterocycles. The summed E-state index contributed by atoms with van der Waals surface area (Å²) in [5.41, 5.74) is 1.13. The number of thioether (sulfide) groups is 1. The van der Waals surface area contributed by atoms with E-state index >= 15 is 0 Å². The summed E-state index contributed by atoms with van der Waals surface area (Å²) in [5, 5.41) is 7.76. The molecule has 2 heterocycles. The van der Waals surface area contributed by atoms with E-state index in [1.807, 2.05) is 18.0 Å². The van der Waals surface area contributed by atoms with Crippen LogP contribution in [0, 0.1) is 0 Å². The number of rotatable bonds is 6. The predicted octanol–water partition coefficient (Wildman–Crippen LogP) is 3.03. The molecule has 28 heavy (non-hydrogen) atoms. The van der Waals surface area contributed by atoms with Gasteiger partial charge in [0.1, 0.15) is 5.82 Å². The van der Waals surface area contributed by atoms with E-state index in [4.69, 9.17) is 9.73 Å². The summed E-state index contributed by atoms with van der Waals surface area (Å²) in [6.45, 7) is 9.63. The lowest BCUT2D eigenvalue weighted by molar-refractivity contribution is -0.00545. The maximum atomic E-state index is 5.82. The van der Waals surface area contributed by atoms with Gasteiger partial charge in [0.25, 0.3) is 0 Å². The second kappa shape index (κ2) is 10.3. The highest BCUT2D eigenvalue weighted by Gasteiger charge is 2.25. The summed E-state index contributed by atoms with van der Waals surface area (Å²) in [6.07, 6.45) is 8.38. The fourth-order valence-corrected chi connectivity index (χ4v) is 4.83. The Hall–Kier alpha value is -1.47. The Balaban J connectivity index is 1.57. The number of anilines is 1. The quantitative estimate of drug-likeness (QED) is 0.560. The van der Waals surface area contributed by atoms with E-state index in [9.17, 15) is 0 Å². The minimum Gasteiger partial charge on any atom is -0.372 e. The Labute approximate surface area is 173 Å². The van der Waals surface area contributed by atoms with E-state index in [0.29, 0.717) is 12.6 Å². The Morgan fingerprint density at radius 1 is 1.29 bits per heavy atom. The van der Waals surface area contributed by atoms with Gasteiger partial charge >= 0.3 is 0 Å². The molecule has 4 unspecified atom stereocenters. The molecule has 0 radical (unpaired) electrons. The Morgan fingerprint density at radius 3 is 2.68 bits per heavy atom. The number of aliphatic imine (C=N–C) groups is 1. The summed E-state index contributed by atoms with van der Waals surface area (Å²) in [5.74, 6) is 1.93. The van der Waals surface area contributed by atoms with Crippen LogP contribution in [-0.2, 0) is 11.3 Å². The Bertz CT molecular complexity index is 628. The zero-order valence-corrected chi connectivity index (χ0v) is 18.5. The second-order valence-electron chi connectivity index (χ2n) is 7.89. The van der Waals surface area contributed by atoms with Crippen LogP contribution in [0.15, 0.2) is 23.3 Å². The largest absolute Gasteiger partial charge is 0.372 e. The smallest absolute Gasteiger partial charge is 0.191 e. The van der Waals surface area contributed by atoms with Crippen molar-refractivity contribution < 1.29 is 4.74 Å². The molecule has 1 aromatic heterocycles. The molecule has 7 heteroatoms. The van der Waals surface area contributed by atoms with Crippen molar-refractivity contribution in [2.24, 2.45) is 4.99 Å². The van der Waals surface area contributed by atoms with Crippen molar-refractivity contribution in [3.05, 3.63) is 23.9 Å². The van der Waals surface area contributed by atoms with Gasteiger partial charge in [-0.05, 0) is 57.9 Å². The first-order valence-corrected chi connectivity index (χ1v) is 11.8. The van der Waals surface area contributed by atoms with E-state index in [1.54, 1.807) is 0 Å². The van der Waals surface area contributed by atoms with Gasteiger partial charge in [0, 0.05) is 37.1 Å². The van der Waals surface area contributed by atoms with Gasteiger partial charge in [0.05, 0.1) is 18.8 Å². The van der Waals surface area contributed by atoms with Crippen LogP contribution < -0.4 is 15.5 Å². The number of ether oxygens (including phenoxy) is 1. The number of pyridine rings is 1. The van der Waals surface area contributed by atoms with Crippen molar-refractivity contribution in [3.63, 3.8) is 0 Å². The lowest BCUT2D eigenvalue weighted by Gasteiger charge is -2.36. The van der Waals surface area contributed by atoms with Crippen LogP contribution in [0.5, 0.6) is 0 Å². The van der Waals surface area contributed by atoms with Crippen LogP contribution in [0.1, 0.15) is 45.6 Å². The monoisotopic (exact) mass is 405 g/mol. The first-order chi connectivity index (χ1) is 13.6. The number of guanidine groups is 1. The number of hydrogen-bond donors (Lipinski definition) is 2. The van der Waals surface area contributed by atoms with Gasteiger partial charge in [0.15, 0.2) is 5.96 Å². The van der Waals surface area contributed by atoms with Gasteiger partial charge in [-0.2, -0.15) is 11.8 Å².